The number of piperazine rings is 3. The van der Waals surface area contributed by atoms with Crippen LogP contribution in [0.15, 0.2) is 219 Å². The number of aliphatic hydroxyl groups excluding tert-OH is 3. The average molecular weight is 1930 g/mol. The Bertz CT molecular complexity index is 4200. The second kappa shape index (κ2) is 59.3. The molecule has 0 spiro atoms. The Morgan fingerprint density at radius 2 is 0.538 bits per heavy atom. The third kappa shape index (κ3) is 39.1. The molecule has 7 atom stereocenters. The Labute approximate surface area is 825 Å². The van der Waals surface area contributed by atoms with Gasteiger partial charge in [0.15, 0.2) is 0 Å². The van der Waals surface area contributed by atoms with Gasteiger partial charge >= 0.3 is 0 Å². The normalized spacial score (nSPS) is 18.3. The number of rotatable bonds is 33. The first-order valence-corrected chi connectivity index (χ1v) is 50.3. The maximum absolute atomic E-state index is 11.5. The lowest BCUT2D eigenvalue weighted by Crippen LogP contribution is -2.49. The summed E-state index contributed by atoms with van der Waals surface area (Å²) in [5, 5.41) is 36.6. The van der Waals surface area contributed by atoms with Crippen LogP contribution < -0.4 is 5.32 Å². The van der Waals surface area contributed by atoms with Crippen LogP contribution in [0.2, 0.25) is 30.1 Å². The van der Waals surface area contributed by atoms with E-state index in [2.05, 4.69) is 230 Å². The molecule has 6 aliphatic heterocycles. The van der Waals surface area contributed by atoms with Crippen LogP contribution in [0.25, 0.3) is 0 Å². The van der Waals surface area contributed by atoms with Crippen LogP contribution >= 0.6 is 69.6 Å². The van der Waals surface area contributed by atoms with Gasteiger partial charge in [0.1, 0.15) is 0 Å². The molecule has 6 saturated heterocycles. The minimum atomic E-state index is -0.122. The van der Waals surface area contributed by atoms with Gasteiger partial charge in [0.2, 0.25) is 11.8 Å². The highest BCUT2D eigenvalue weighted by Gasteiger charge is 2.32. The Morgan fingerprint density at radius 3 is 0.742 bits per heavy atom. The van der Waals surface area contributed by atoms with Crippen LogP contribution in [0.5, 0.6) is 0 Å². The van der Waals surface area contributed by atoms with Crippen molar-refractivity contribution in [3.8, 4) is 0 Å². The van der Waals surface area contributed by atoms with Crippen LogP contribution in [-0.4, -0.2) is 260 Å². The van der Waals surface area contributed by atoms with Crippen molar-refractivity contribution in [3.05, 3.63) is 282 Å². The molecule has 0 radical (unpaired) electrons. The van der Waals surface area contributed by atoms with Crippen LogP contribution in [0, 0.1) is 35.5 Å². The van der Waals surface area contributed by atoms with Crippen molar-refractivity contribution < 1.29 is 35.1 Å². The Hall–Kier alpha value is -6.04. The van der Waals surface area contributed by atoms with Crippen molar-refractivity contribution in [2.75, 3.05) is 170 Å². The first kappa shape index (κ1) is 115. The van der Waals surface area contributed by atoms with E-state index in [4.69, 9.17) is 79.4 Å². The van der Waals surface area contributed by atoms with Crippen molar-refractivity contribution in [1.29, 1.82) is 0 Å². The highest BCUT2D eigenvalue weighted by atomic mass is 35.5. The van der Waals surface area contributed by atoms with Gasteiger partial charge in [0.05, 0.1) is 25.4 Å². The number of benzene rings is 6. The summed E-state index contributed by atoms with van der Waals surface area (Å²) in [4.78, 5) is 41.4. The third-order valence-corrected chi connectivity index (χ3v) is 28.7. The molecule has 0 bridgehead atoms. The molecular weight excluding hydrogens is 1770 g/mol. The summed E-state index contributed by atoms with van der Waals surface area (Å²) < 4.78 is 5.42. The summed E-state index contributed by atoms with van der Waals surface area (Å²) in [5.74, 6) is 5.01. The van der Waals surface area contributed by atoms with Gasteiger partial charge in [-0.3, -0.25) is 29.2 Å². The molecule has 6 fully saturated rings. The van der Waals surface area contributed by atoms with Gasteiger partial charge in [-0.05, 0) is 174 Å². The Kier molecular flexibility index (Phi) is 51.5. The number of ether oxygens (including phenoxy) is 1. The van der Waals surface area contributed by atoms with Crippen molar-refractivity contribution in [1.82, 2.24) is 44.5 Å². The summed E-state index contributed by atoms with van der Waals surface area (Å²) in [5.41, 5.74) is 15.3. The largest absolute Gasteiger partial charge is 0.412 e. The van der Waals surface area contributed by atoms with Crippen LogP contribution in [0.1, 0.15) is 198 Å². The van der Waals surface area contributed by atoms with Crippen molar-refractivity contribution in [2.24, 2.45) is 35.5 Å². The molecule has 6 heterocycles. The molecule has 0 aliphatic carbocycles. The number of carbonyl (C=O) groups is 2. The standard InChI is InChI=1S/2C19H27ClN2O.C19H29ClN2O.2C18H26ClNO.C17H24ClNO.H2O/c2*1-14(2)15(3)19(17-5-7-18(20)8-6-17)13-21-9-11-22(12-10-21)16(4)23;1-15(2)16(3)19(17-4-6-18(20)7-5-17)14-22-10-8-21(9-11-22)12-13-23;2*1-13(2)14(3)18(15-4-6-16(19)7-5-15)12-20-10-8-17(21)9-11-20;1-12(2)13(3)17(10-19-16-8-9-20-11-16)14-4-6-15(18)7-5-14;/h2*5-8,14,19H,3,9-13H2,1-2,4H3;4-7,15,19,23H,3,8-14H2,1-2H3;2*4-7,13,17-18,21H,3,8-12H2,1-2H3;4-7,12,16-17,19H,3,8-11H2,1-2H3;1H2/t3*19-;2*18-;16?,17-;/m101100./s1. The number of halogens is 6. The smallest absolute Gasteiger partial charge is 0.219 e. The second-order valence-corrected chi connectivity index (χ2v) is 41.1. The summed E-state index contributed by atoms with van der Waals surface area (Å²) in [6, 6.07) is 49.3. The number of nitrogens with one attached hydrogen (secondary N) is 1. The van der Waals surface area contributed by atoms with Crippen molar-refractivity contribution in [2.45, 2.75) is 183 Å². The topological polar surface area (TPSA) is 174 Å². The number of likely N-dealkylation sites (tertiary alicyclic amines) is 2. The molecule has 16 nitrogen and oxygen atoms in total. The average Bonchev–Trinajstić information content (AvgIpc) is 1.38. The van der Waals surface area contributed by atoms with Gasteiger partial charge in [-0.2, -0.15) is 0 Å². The summed E-state index contributed by atoms with van der Waals surface area (Å²) in [7, 11) is 0. The van der Waals surface area contributed by atoms with E-state index in [0.717, 1.165) is 226 Å². The van der Waals surface area contributed by atoms with Crippen molar-refractivity contribution >= 4 is 81.4 Å². The maximum Gasteiger partial charge on any atom is 0.219 e. The molecular formula is C110H161Cl6N9O7. The molecule has 0 saturated carbocycles. The van der Waals surface area contributed by atoms with Gasteiger partial charge in [0, 0.05) is 243 Å². The second-order valence-electron chi connectivity index (χ2n) is 38.5. The number of β-amino-alcohol motifs (C(OH)–C–C–N with tert-alkyl or cyclic N) is 1. The van der Waals surface area contributed by atoms with E-state index in [0.29, 0.717) is 77.1 Å². The summed E-state index contributed by atoms with van der Waals surface area (Å²) in [6.07, 6.45) is 4.36. The zero-order chi connectivity index (χ0) is 96.1. The number of amides is 2. The van der Waals surface area contributed by atoms with E-state index in [1.807, 2.05) is 82.6 Å². The molecule has 6 N–H and O–H groups in total. The minimum absolute atomic E-state index is 0. The molecule has 22 heteroatoms. The van der Waals surface area contributed by atoms with Gasteiger partial charge in [0.25, 0.3) is 0 Å². The van der Waals surface area contributed by atoms with Crippen LogP contribution in [0.4, 0.5) is 0 Å². The van der Waals surface area contributed by atoms with Crippen LogP contribution in [0.3, 0.4) is 0 Å². The maximum atomic E-state index is 11.5. The first-order chi connectivity index (χ1) is 62.3. The fraction of sp³-hybridized carbons (Fsp3) is 0.545. The number of piperidine rings is 2. The van der Waals surface area contributed by atoms with E-state index in [9.17, 15) is 19.8 Å². The summed E-state index contributed by atoms with van der Waals surface area (Å²) in [6.45, 7) is 79.2. The molecule has 1 unspecified atom stereocenters. The lowest BCUT2D eigenvalue weighted by atomic mass is 9.85. The zero-order valence-corrected chi connectivity index (χ0v) is 86.6. The lowest BCUT2D eigenvalue weighted by Gasteiger charge is -2.37. The van der Waals surface area contributed by atoms with E-state index >= 15 is 0 Å². The SMILES string of the molecule is C=C(C(C)C)[C@@H](CN1CCC(O)CC1)c1ccc(Cl)cc1.C=C(C(C)C)[C@@H](CN1CCN(C(C)=O)CC1)c1ccc(Cl)cc1.C=C(C(C)C)[C@@H](CN1CCN(CCO)CC1)c1ccc(Cl)cc1.C=C(C(C)C)[C@H](CN1CCC(O)CC1)c1ccc(Cl)cc1.C=C(C(C)C)[C@H](CN1CCN(C(C)=O)CC1)c1ccc(Cl)cc1.C=C(C(C)C)[C@H](CNC1CCOC1)c1ccc(Cl)cc1.O. The highest BCUT2D eigenvalue weighted by Crippen LogP contribution is 2.38. The first-order valence-electron chi connectivity index (χ1n) is 48.1. The zero-order valence-electron chi connectivity index (χ0n) is 82.1. The number of hydrogen-bond donors (Lipinski definition) is 4. The van der Waals surface area contributed by atoms with Gasteiger partial charge in [-0.1, -0.05) is 298 Å². The number of aliphatic hydroxyl groups is 3. The van der Waals surface area contributed by atoms with Gasteiger partial charge in [-0.25, -0.2) is 0 Å². The molecule has 0 aromatic heterocycles. The lowest BCUT2D eigenvalue weighted by molar-refractivity contribution is -0.131. The number of hydrogen-bond acceptors (Lipinski definition) is 13. The molecule has 6 aliphatic rings. The Morgan fingerprint density at radius 1 is 0.333 bits per heavy atom. The molecule has 730 valence electrons. The fourth-order valence-electron chi connectivity index (χ4n) is 17.5. The fourth-order valence-corrected chi connectivity index (χ4v) is 18.3. The molecule has 6 aromatic rings. The van der Waals surface area contributed by atoms with E-state index in [1.54, 1.807) is 13.8 Å². The molecule has 6 aromatic carbocycles. The molecule has 132 heavy (non-hydrogen) atoms. The Balaban J connectivity index is 0.000000244. The number of carbonyl (C=O) groups excluding carboxylic acids is 2. The monoisotopic (exact) mass is 1930 g/mol. The predicted molar refractivity (Wildman–Crippen MR) is 561 cm³/mol. The van der Waals surface area contributed by atoms with E-state index in [-0.39, 0.29) is 36.1 Å². The molecule has 2 amide bonds. The third-order valence-electron chi connectivity index (χ3n) is 27.1. The minimum Gasteiger partial charge on any atom is -0.412 e. The van der Waals surface area contributed by atoms with Gasteiger partial charge in [-0.15, -0.1) is 0 Å². The van der Waals surface area contributed by atoms with E-state index in [1.165, 1.54) is 66.8 Å². The quantitative estimate of drug-likeness (QED) is 0.0287. The van der Waals surface area contributed by atoms with Crippen LogP contribution in [-0.2, 0) is 14.3 Å². The number of nitrogens with zero attached hydrogens (tertiary/aromatic N) is 8. The van der Waals surface area contributed by atoms with Gasteiger partial charge < -0.3 is 50.4 Å². The predicted octanol–water partition coefficient (Wildman–Crippen LogP) is 22.2. The summed E-state index contributed by atoms with van der Waals surface area (Å²) >= 11 is 36.1. The van der Waals surface area contributed by atoms with E-state index < -0.39 is 0 Å². The van der Waals surface area contributed by atoms with Crippen molar-refractivity contribution in [3.63, 3.8) is 0 Å². The molecule has 12 rings (SSSR count). The highest BCUT2D eigenvalue weighted by molar-refractivity contribution is 6.32.